The van der Waals surface area contributed by atoms with Crippen molar-refractivity contribution in [2.45, 2.75) is 6.42 Å². The van der Waals surface area contributed by atoms with Gasteiger partial charge in [-0.2, -0.15) is 0 Å². The smallest absolute Gasteiger partial charge is 0.340 e. The molecule has 0 aliphatic heterocycles. The van der Waals surface area contributed by atoms with Crippen LogP contribution in [0.25, 0.3) is 5.57 Å². The number of ether oxygens (including phenoxy) is 1. The molecule has 1 aliphatic rings. The normalized spacial score (nSPS) is 14.0. The molecule has 78 valence electrons. The quantitative estimate of drug-likeness (QED) is 0.791. The predicted molar refractivity (Wildman–Crippen MR) is 61.0 cm³/mol. The largest absolute Gasteiger partial charge is 0.465 e. The average Bonchev–Trinajstić information content (AvgIpc) is 2.52. The Morgan fingerprint density at radius 2 is 2.27 bits per heavy atom. The summed E-state index contributed by atoms with van der Waals surface area (Å²) in [5.41, 5.74) is 8.83. The first kappa shape index (κ1) is 10.2. The lowest BCUT2D eigenvalue weighted by atomic mass is 10.1. The average molecular weight is 268 g/mol. The SMILES string of the molecule is COC(=O)C1=C(N)Cc2ccc(Br)cc21. The Kier molecular flexibility index (Phi) is 2.52. The van der Waals surface area contributed by atoms with Gasteiger partial charge < -0.3 is 10.5 Å². The van der Waals surface area contributed by atoms with E-state index in [9.17, 15) is 4.79 Å². The number of esters is 1. The van der Waals surface area contributed by atoms with E-state index >= 15 is 0 Å². The predicted octanol–water partition coefficient (Wildman–Crippen LogP) is 1.85. The van der Waals surface area contributed by atoms with Crippen LogP contribution in [-0.2, 0) is 16.0 Å². The molecular weight excluding hydrogens is 258 g/mol. The summed E-state index contributed by atoms with van der Waals surface area (Å²) in [6.07, 6.45) is 0.618. The van der Waals surface area contributed by atoms with Crippen molar-refractivity contribution in [1.29, 1.82) is 0 Å². The lowest BCUT2D eigenvalue weighted by Crippen LogP contribution is -2.07. The molecule has 0 aromatic heterocycles. The van der Waals surface area contributed by atoms with Crippen LogP contribution in [0.2, 0.25) is 0 Å². The molecule has 0 unspecified atom stereocenters. The molecule has 0 atom stereocenters. The Bertz CT molecular complexity index is 466. The topological polar surface area (TPSA) is 52.3 Å². The van der Waals surface area contributed by atoms with Crippen LogP contribution in [0.1, 0.15) is 11.1 Å². The number of benzene rings is 1. The number of hydrogen-bond donors (Lipinski definition) is 1. The van der Waals surface area contributed by atoms with Gasteiger partial charge in [-0.25, -0.2) is 4.79 Å². The maximum atomic E-state index is 11.5. The highest BCUT2D eigenvalue weighted by Gasteiger charge is 2.25. The van der Waals surface area contributed by atoms with E-state index in [-0.39, 0.29) is 5.97 Å². The Balaban J connectivity index is 2.54. The number of carbonyl (C=O) groups is 1. The Hall–Kier alpha value is -1.29. The third kappa shape index (κ3) is 1.65. The van der Waals surface area contributed by atoms with E-state index < -0.39 is 0 Å². The first-order valence-electron chi connectivity index (χ1n) is 4.49. The second-order valence-corrected chi connectivity index (χ2v) is 4.29. The summed E-state index contributed by atoms with van der Waals surface area (Å²) in [7, 11) is 1.36. The molecule has 0 saturated carbocycles. The van der Waals surface area contributed by atoms with Crippen LogP contribution < -0.4 is 5.73 Å². The van der Waals surface area contributed by atoms with Crippen LogP contribution in [0.5, 0.6) is 0 Å². The van der Waals surface area contributed by atoms with Crippen molar-refractivity contribution in [1.82, 2.24) is 0 Å². The molecule has 1 aromatic carbocycles. The Morgan fingerprint density at radius 1 is 1.53 bits per heavy atom. The number of hydrogen-bond acceptors (Lipinski definition) is 3. The van der Waals surface area contributed by atoms with E-state index in [1.54, 1.807) is 0 Å². The van der Waals surface area contributed by atoms with Gasteiger partial charge in [0, 0.05) is 16.6 Å². The summed E-state index contributed by atoms with van der Waals surface area (Å²) in [5, 5.41) is 0. The summed E-state index contributed by atoms with van der Waals surface area (Å²) < 4.78 is 5.64. The number of allylic oxidation sites excluding steroid dienone is 1. The number of halogens is 1. The van der Waals surface area contributed by atoms with E-state index in [0.29, 0.717) is 17.7 Å². The lowest BCUT2D eigenvalue weighted by Gasteiger charge is -2.04. The van der Waals surface area contributed by atoms with Crippen molar-refractivity contribution >= 4 is 27.5 Å². The van der Waals surface area contributed by atoms with Gasteiger partial charge in [-0.05, 0) is 23.3 Å². The van der Waals surface area contributed by atoms with Crippen molar-refractivity contribution in [2.75, 3.05) is 7.11 Å². The van der Waals surface area contributed by atoms with Crippen LogP contribution in [0, 0.1) is 0 Å². The van der Waals surface area contributed by atoms with Gasteiger partial charge in [0.15, 0.2) is 0 Å². The third-order valence-corrected chi connectivity index (χ3v) is 2.93. The molecule has 2 rings (SSSR count). The number of fused-ring (bicyclic) bond motifs is 1. The highest BCUT2D eigenvalue weighted by Crippen LogP contribution is 2.33. The van der Waals surface area contributed by atoms with Crippen molar-refractivity contribution in [3.05, 3.63) is 39.5 Å². The Morgan fingerprint density at radius 3 is 2.93 bits per heavy atom. The second kappa shape index (κ2) is 3.70. The standard InChI is InChI=1S/C11H10BrNO2/c1-15-11(14)10-8-5-7(12)3-2-6(8)4-9(10)13/h2-3,5H,4,13H2,1H3. The summed E-state index contributed by atoms with van der Waals surface area (Å²) in [6, 6.07) is 5.79. The van der Waals surface area contributed by atoms with Gasteiger partial charge in [0.25, 0.3) is 0 Å². The molecule has 4 heteroatoms. The molecule has 0 amide bonds. The fourth-order valence-corrected chi connectivity index (χ4v) is 2.11. The second-order valence-electron chi connectivity index (χ2n) is 3.37. The van der Waals surface area contributed by atoms with E-state index in [4.69, 9.17) is 10.5 Å². The van der Waals surface area contributed by atoms with Gasteiger partial charge in [0.1, 0.15) is 0 Å². The van der Waals surface area contributed by atoms with Gasteiger partial charge in [-0.15, -0.1) is 0 Å². The highest BCUT2D eigenvalue weighted by molar-refractivity contribution is 9.10. The van der Waals surface area contributed by atoms with E-state index in [1.807, 2.05) is 18.2 Å². The van der Waals surface area contributed by atoms with E-state index in [1.165, 1.54) is 7.11 Å². The zero-order chi connectivity index (χ0) is 11.0. The minimum atomic E-state index is -0.371. The maximum Gasteiger partial charge on any atom is 0.340 e. The van der Waals surface area contributed by atoms with Crippen molar-refractivity contribution < 1.29 is 9.53 Å². The van der Waals surface area contributed by atoms with Crippen molar-refractivity contribution in [3.63, 3.8) is 0 Å². The molecule has 2 N–H and O–H groups in total. The van der Waals surface area contributed by atoms with Crippen LogP contribution in [0.4, 0.5) is 0 Å². The first-order valence-corrected chi connectivity index (χ1v) is 5.28. The summed E-state index contributed by atoms with van der Waals surface area (Å²) in [5.74, 6) is -0.371. The van der Waals surface area contributed by atoms with Gasteiger partial charge in [0.2, 0.25) is 0 Å². The fraction of sp³-hybridized carbons (Fsp3) is 0.182. The van der Waals surface area contributed by atoms with E-state index in [2.05, 4.69) is 15.9 Å². The number of nitrogens with two attached hydrogens (primary N) is 1. The zero-order valence-electron chi connectivity index (χ0n) is 8.21. The Labute approximate surface area is 96.0 Å². The number of rotatable bonds is 1. The molecule has 0 radical (unpaired) electrons. The molecule has 0 heterocycles. The molecule has 3 nitrogen and oxygen atoms in total. The highest BCUT2D eigenvalue weighted by atomic mass is 79.9. The summed E-state index contributed by atoms with van der Waals surface area (Å²) in [4.78, 5) is 11.5. The van der Waals surface area contributed by atoms with Crippen molar-refractivity contribution in [3.8, 4) is 0 Å². The van der Waals surface area contributed by atoms with Gasteiger partial charge in [0.05, 0.1) is 12.7 Å². The monoisotopic (exact) mass is 267 g/mol. The van der Waals surface area contributed by atoms with E-state index in [0.717, 1.165) is 15.6 Å². The lowest BCUT2D eigenvalue weighted by molar-refractivity contribution is -0.133. The van der Waals surface area contributed by atoms with Crippen LogP contribution in [-0.4, -0.2) is 13.1 Å². The molecule has 0 saturated heterocycles. The zero-order valence-corrected chi connectivity index (χ0v) is 9.80. The molecule has 1 aliphatic carbocycles. The molecular formula is C11H10BrNO2. The van der Waals surface area contributed by atoms with Crippen LogP contribution in [0.3, 0.4) is 0 Å². The van der Waals surface area contributed by atoms with Crippen molar-refractivity contribution in [2.24, 2.45) is 5.73 Å². The summed E-state index contributed by atoms with van der Waals surface area (Å²) in [6.45, 7) is 0. The molecule has 0 spiro atoms. The molecule has 1 aromatic rings. The van der Waals surface area contributed by atoms with Crippen LogP contribution >= 0.6 is 15.9 Å². The van der Waals surface area contributed by atoms with Gasteiger partial charge in [-0.1, -0.05) is 22.0 Å². The maximum absolute atomic E-state index is 11.5. The fourth-order valence-electron chi connectivity index (χ4n) is 1.75. The summed E-state index contributed by atoms with van der Waals surface area (Å²) >= 11 is 3.37. The van der Waals surface area contributed by atoms with Gasteiger partial charge >= 0.3 is 5.97 Å². The van der Waals surface area contributed by atoms with Gasteiger partial charge in [-0.3, -0.25) is 0 Å². The number of carbonyl (C=O) groups excluding carboxylic acids is 1. The minimum Gasteiger partial charge on any atom is -0.465 e. The minimum absolute atomic E-state index is 0.371. The molecule has 0 fully saturated rings. The number of methoxy groups -OCH3 is 1. The molecule has 15 heavy (non-hydrogen) atoms. The van der Waals surface area contributed by atoms with Crippen LogP contribution in [0.15, 0.2) is 28.4 Å². The molecule has 0 bridgehead atoms. The third-order valence-electron chi connectivity index (χ3n) is 2.43. The first-order chi connectivity index (χ1) is 7.13.